The Morgan fingerprint density at radius 3 is 3.00 bits per heavy atom. The molecule has 0 fully saturated rings. The van der Waals surface area contributed by atoms with Crippen molar-refractivity contribution in [1.82, 2.24) is 4.98 Å². The highest BCUT2D eigenvalue weighted by Crippen LogP contribution is 2.15. The maximum atomic E-state index is 3.96. The van der Waals surface area contributed by atoms with Gasteiger partial charge in [0, 0.05) is 22.2 Å². The molecule has 0 amide bonds. The first-order valence-electron chi connectivity index (χ1n) is 3.16. The van der Waals surface area contributed by atoms with Crippen molar-refractivity contribution >= 4 is 37.9 Å². The van der Waals surface area contributed by atoms with Gasteiger partial charge in [-0.05, 0) is 27.6 Å². The number of alkyl halides is 1. The van der Waals surface area contributed by atoms with Crippen LogP contribution in [0.4, 0.5) is 0 Å². The van der Waals surface area contributed by atoms with E-state index in [1.807, 2.05) is 18.2 Å². The Labute approximate surface area is 82.8 Å². The van der Waals surface area contributed by atoms with E-state index in [1.165, 1.54) is 0 Å². The SMILES string of the molecule is BrCC=Cc1ccncc1Br. The Hall–Kier alpha value is -0.150. The Balaban J connectivity index is 2.86. The number of hydrogen-bond acceptors (Lipinski definition) is 1. The van der Waals surface area contributed by atoms with Gasteiger partial charge in [0.25, 0.3) is 0 Å². The zero-order valence-corrected chi connectivity index (χ0v) is 8.97. The third-order valence-electron chi connectivity index (χ3n) is 1.19. The highest BCUT2D eigenvalue weighted by atomic mass is 79.9. The first kappa shape index (κ1) is 8.94. The van der Waals surface area contributed by atoms with Gasteiger partial charge in [0.05, 0.1) is 0 Å². The minimum absolute atomic E-state index is 0.877. The number of rotatable bonds is 2. The molecular formula is C8H7Br2N. The molecule has 3 heteroatoms. The molecule has 0 atom stereocenters. The van der Waals surface area contributed by atoms with Crippen LogP contribution >= 0.6 is 31.9 Å². The van der Waals surface area contributed by atoms with Crippen molar-refractivity contribution in [3.05, 3.63) is 34.6 Å². The molecule has 0 aromatic carbocycles. The summed E-state index contributed by atoms with van der Waals surface area (Å²) in [7, 11) is 0. The van der Waals surface area contributed by atoms with E-state index in [0.717, 1.165) is 15.4 Å². The Kier molecular flexibility index (Phi) is 3.80. The first-order valence-corrected chi connectivity index (χ1v) is 5.08. The number of nitrogens with zero attached hydrogens (tertiary/aromatic N) is 1. The summed E-state index contributed by atoms with van der Waals surface area (Å²) in [5.41, 5.74) is 1.15. The first-order chi connectivity index (χ1) is 5.34. The summed E-state index contributed by atoms with van der Waals surface area (Å²) in [6.45, 7) is 0. The lowest BCUT2D eigenvalue weighted by molar-refractivity contribution is 1.30. The van der Waals surface area contributed by atoms with Crippen LogP contribution in [0.5, 0.6) is 0 Å². The molecule has 0 spiro atoms. The zero-order valence-electron chi connectivity index (χ0n) is 5.80. The van der Waals surface area contributed by atoms with Crippen LogP contribution in [0, 0.1) is 0 Å². The lowest BCUT2D eigenvalue weighted by atomic mass is 10.2. The average molecular weight is 277 g/mol. The Bertz CT molecular complexity index is 258. The van der Waals surface area contributed by atoms with Gasteiger partial charge >= 0.3 is 0 Å². The normalized spacial score (nSPS) is 10.7. The van der Waals surface area contributed by atoms with Crippen molar-refractivity contribution in [3.8, 4) is 0 Å². The molecule has 58 valence electrons. The van der Waals surface area contributed by atoms with E-state index in [2.05, 4.69) is 36.8 Å². The van der Waals surface area contributed by atoms with Crippen molar-refractivity contribution in [2.45, 2.75) is 0 Å². The van der Waals surface area contributed by atoms with E-state index in [4.69, 9.17) is 0 Å². The van der Waals surface area contributed by atoms with Gasteiger partial charge in [-0.2, -0.15) is 0 Å². The van der Waals surface area contributed by atoms with Gasteiger partial charge in [-0.15, -0.1) is 0 Å². The molecule has 11 heavy (non-hydrogen) atoms. The third kappa shape index (κ3) is 2.75. The topological polar surface area (TPSA) is 12.9 Å². The van der Waals surface area contributed by atoms with Crippen LogP contribution in [0.2, 0.25) is 0 Å². The summed E-state index contributed by atoms with van der Waals surface area (Å²) in [6, 6.07) is 1.96. The minimum Gasteiger partial charge on any atom is -0.264 e. The summed E-state index contributed by atoms with van der Waals surface area (Å²) in [5.74, 6) is 0. The number of aromatic nitrogens is 1. The molecule has 1 rings (SSSR count). The molecule has 0 N–H and O–H groups in total. The number of allylic oxidation sites excluding steroid dienone is 1. The lowest BCUT2D eigenvalue weighted by Crippen LogP contribution is -1.76. The van der Waals surface area contributed by atoms with Crippen molar-refractivity contribution < 1.29 is 0 Å². The van der Waals surface area contributed by atoms with Crippen molar-refractivity contribution in [1.29, 1.82) is 0 Å². The molecule has 0 radical (unpaired) electrons. The van der Waals surface area contributed by atoms with E-state index in [1.54, 1.807) is 12.4 Å². The molecule has 1 heterocycles. The summed E-state index contributed by atoms with van der Waals surface area (Å²) in [5, 5.41) is 0.877. The lowest BCUT2D eigenvalue weighted by Gasteiger charge is -1.94. The fraction of sp³-hybridized carbons (Fsp3) is 0.125. The minimum atomic E-state index is 0.877. The molecule has 0 aliphatic carbocycles. The molecule has 0 saturated heterocycles. The monoisotopic (exact) mass is 275 g/mol. The largest absolute Gasteiger partial charge is 0.264 e. The quantitative estimate of drug-likeness (QED) is 0.756. The van der Waals surface area contributed by atoms with Crippen LogP contribution in [0.1, 0.15) is 5.56 Å². The smallest absolute Gasteiger partial charge is 0.0431 e. The van der Waals surface area contributed by atoms with E-state index in [0.29, 0.717) is 0 Å². The van der Waals surface area contributed by atoms with E-state index < -0.39 is 0 Å². The molecule has 0 bridgehead atoms. The Morgan fingerprint density at radius 1 is 1.55 bits per heavy atom. The van der Waals surface area contributed by atoms with Gasteiger partial charge < -0.3 is 0 Å². The van der Waals surface area contributed by atoms with Gasteiger partial charge in [-0.1, -0.05) is 28.1 Å². The van der Waals surface area contributed by atoms with Gasteiger partial charge in [0.15, 0.2) is 0 Å². The number of halogens is 2. The fourth-order valence-electron chi connectivity index (χ4n) is 0.693. The van der Waals surface area contributed by atoms with Crippen molar-refractivity contribution in [2.75, 3.05) is 5.33 Å². The molecule has 0 saturated carbocycles. The van der Waals surface area contributed by atoms with E-state index in [-0.39, 0.29) is 0 Å². The summed E-state index contributed by atoms with van der Waals surface area (Å²) in [4.78, 5) is 3.96. The van der Waals surface area contributed by atoms with Gasteiger partial charge in [-0.3, -0.25) is 4.98 Å². The molecule has 1 aromatic heterocycles. The maximum absolute atomic E-state index is 3.96. The molecule has 1 aromatic rings. The summed E-state index contributed by atoms with van der Waals surface area (Å²) < 4.78 is 1.03. The molecule has 0 unspecified atom stereocenters. The maximum Gasteiger partial charge on any atom is 0.0431 e. The predicted octanol–water partition coefficient (Wildman–Crippen LogP) is 3.25. The second-order valence-corrected chi connectivity index (χ2v) is 3.46. The summed E-state index contributed by atoms with van der Waals surface area (Å²) >= 11 is 6.71. The van der Waals surface area contributed by atoms with Crippen LogP contribution in [0.3, 0.4) is 0 Å². The highest BCUT2D eigenvalue weighted by molar-refractivity contribution is 9.10. The van der Waals surface area contributed by atoms with Crippen LogP contribution in [-0.2, 0) is 0 Å². The van der Waals surface area contributed by atoms with Crippen molar-refractivity contribution in [3.63, 3.8) is 0 Å². The van der Waals surface area contributed by atoms with E-state index >= 15 is 0 Å². The number of pyridine rings is 1. The summed E-state index contributed by atoms with van der Waals surface area (Å²) in [6.07, 6.45) is 7.65. The number of hydrogen-bond donors (Lipinski definition) is 0. The predicted molar refractivity (Wildman–Crippen MR) is 54.8 cm³/mol. The second-order valence-electron chi connectivity index (χ2n) is 1.95. The molecule has 0 aliphatic heterocycles. The van der Waals surface area contributed by atoms with Gasteiger partial charge in [-0.25, -0.2) is 0 Å². The molecule has 1 nitrogen and oxygen atoms in total. The fourth-order valence-corrected chi connectivity index (χ4v) is 1.26. The Morgan fingerprint density at radius 2 is 2.36 bits per heavy atom. The van der Waals surface area contributed by atoms with Crippen LogP contribution in [-0.4, -0.2) is 10.3 Å². The van der Waals surface area contributed by atoms with Crippen molar-refractivity contribution in [2.24, 2.45) is 0 Å². The second kappa shape index (κ2) is 4.67. The van der Waals surface area contributed by atoms with Crippen LogP contribution in [0.15, 0.2) is 29.0 Å². The van der Waals surface area contributed by atoms with Gasteiger partial charge in [0.2, 0.25) is 0 Å². The standard InChI is InChI=1S/C8H7Br2N/c9-4-1-2-7-3-5-11-6-8(7)10/h1-3,5-6H,4H2. The third-order valence-corrected chi connectivity index (χ3v) is 2.23. The van der Waals surface area contributed by atoms with Crippen LogP contribution < -0.4 is 0 Å². The molecule has 0 aliphatic rings. The molecular weight excluding hydrogens is 270 g/mol. The zero-order chi connectivity index (χ0) is 8.10. The van der Waals surface area contributed by atoms with Crippen LogP contribution in [0.25, 0.3) is 6.08 Å². The van der Waals surface area contributed by atoms with E-state index in [9.17, 15) is 0 Å². The average Bonchev–Trinajstić information content (AvgIpc) is 2.03. The highest BCUT2D eigenvalue weighted by Gasteiger charge is 1.91. The van der Waals surface area contributed by atoms with Gasteiger partial charge in [0.1, 0.15) is 0 Å².